The molecular formula is C16H21N3S. The van der Waals surface area contributed by atoms with Crippen LogP contribution < -0.4 is 5.32 Å². The first kappa shape index (κ1) is 14.6. The van der Waals surface area contributed by atoms with E-state index in [9.17, 15) is 0 Å². The van der Waals surface area contributed by atoms with Gasteiger partial charge in [0.15, 0.2) is 5.17 Å². The number of amidine groups is 1. The van der Waals surface area contributed by atoms with Gasteiger partial charge in [0.1, 0.15) is 0 Å². The minimum atomic E-state index is -0.133. The van der Waals surface area contributed by atoms with E-state index in [0.29, 0.717) is 0 Å². The zero-order valence-corrected chi connectivity index (χ0v) is 12.8. The molecule has 20 heavy (non-hydrogen) atoms. The number of nitrogens with one attached hydrogen (secondary N) is 1. The van der Waals surface area contributed by atoms with Gasteiger partial charge in [0, 0.05) is 12.5 Å². The topological polar surface area (TPSA) is 37.3 Å². The molecule has 0 saturated carbocycles. The Morgan fingerprint density at radius 2 is 1.90 bits per heavy atom. The highest BCUT2D eigenvalue weighted by Crippen LogP contribution is 2.22. The van der Waals surface area contributed by atoms with Gasteiger partial charge in [-0.2, -0.15) is 0 Å². The van der Waals surface area contributed by atoms with Gasteiger partial charge >= 0.3 is 0 Å². The number of anilines is 1. The van der Waals surface area contributed by atoms with Crippen molar-refractivity contribution in [3.63, 3.8) is 0 Å². The molecule has 0 radical (unpaired) electrons. The molecule has 2 rings (SSSR count). The number of hydrogen-bond acceptors (Lipinski definition) is 3. The van der Waals surface area contributed by atoms with Crippen LogP contribution in [-0.4, -0.2) is 15.7 Å². The maximum Gasteiger partial charge on any atom is 0.166 e. The van der Waals surface area contributed by atoms with Gasteiger partial charge in [0.05, 0.1) is 17.4 Å². The van der Waals surface area contributed by atoms with E-state index in [-0.39, 0.29) is 6.97 Å². The van der Waals surface area contributed by atoms with Crippen LogP contribution in [0.25, 0.3) is 0 Å². The number of thioether (sulfide) groups is 1. The molecule has 0 aliphatic heterocycles. The second-order valence-corrected chi connectivity index (χ2v) is 6.43. The average Bonchev–Trinajstić information content (AvgIpc) is 2.39. The molecule has 0 amide bonds. The minimum absolute atomic E-state index is 0. The second kappa shape index (κ2) is 6.57. The molecule has 106 valence electrons. The van der Waals surface area contributed by atoms with E-state index in [1.807, 2.05) is 30.3 Å². The lowest BCUT2D eigenvalue weighted by Crippen LogP contribution is -2.17. The summed E-state index contributed by atoms with van der Waals surface area (Å²) in [5.41, 5.74) is 0.811. The molecule has 1 aromatic carbocycles. The fourth-order valence-electron chi connectivity index (χ4n) is 1.54. The number of nitrogens with zero attached hydrogens (tertiary/aromatic N) is 2. The quantitative estimate of drug-likeness (QED) is 0.495. The third kappa shape index (κ3) is 5.05. The van der Waals surface area contributed by atoms with Crippen molar-refractivity contribution in [1.82, 2.24) is 4.98 Å². The van der Waals surface area contributed by atoms with Gasteiger partial charge in [-0.05, 0) is 45.0 Å². The van der Waals surface area contributed by atoms with Crippen molar-refractivity contribution in [1.29, 1.82) is 0 Å². The van der Waals surface area contributed by atoms with Crippen LogP contribution in [0.15, 0.2) is 64.7 Å². The molecule has 0 atom stereocenters. The van der Waals surface area contributed by atoms with Gasteiger partial charge in [-0.15, -0.1) is 0 Å². The lowest BCUT2D eigenvalue weighted by molar-refractivity contribution is 0.585. The summed E-state index contributed by atoms with van der Waals surface area (Å²) in [7, 11) is 0. The average molecular weight is 287 g/mol. The van der Waals surface area contributed by atoms with Gasteiger partial charge in [-0.25, -0.2) is 0 Å². The van der Waals surface area contributed by atoms with Gasteiger partial charge in [0.25, 0.3) is 0 Å². The Morgan fingerprint density at radius 3 is 2.50 bits per heavy atom. The Hall–Kier alpha value is -1.81. The summed E-state index contributed by atoms with van der Waals surface area (Å²) in [6, 6.07) is 14.1. The fourth-order valence-corrected chi connectivity index (χ4v) is 2.55. The highest BCUT2D eigenvalue weighted by Gasteiger charge is 2.11. The lowest BCUT2D eigenvalue weighted by atomic mass is 10.1. The maximum absolute atomic E-state index is 4.74. The van der Waals surface area contributed by atoms with E-state index in [0.717, 1.165) is 15.8 Å². The van der Waals surface area contributed by atoms with Crippen LogP contribution in [0, 0.1) is 0 Å². The third-order valence-electron chi connectivity index (χ3n) is 2.31. The summed E-state index contributed by atoms with van der Waals surface area (Å²) < 4.78 is 0. The van der Waals surface area contributed by atoms with E-state index in [2.05, 4.69) is 43.2 Å². The molecule has 3 nitrogen and oxygen atoms in total. The Balaban J connectivity index is 0.00000220. The largest absolute Gasteiger partial charge is 0.333 e. The van der Waals surface area contributed by atoms with Gasteiger partial charge in [-0.1, -0.05) is 30.0 Å². The SMILES string of the molecule is CC(C)(C)N=C(Nc1cccnc1)Sc1ccccc1.[HH]. The predicted molar refractivity (Wildman–Crippen MR) is 89.5 cm³/mol. The van der Waals surface area contributed by atoms with E-state index >= 15 is 0 Å². The molecule has 0 aliphatic rings. The molecular weight excluding hydrogens is 266 g/mol. The van der Waals surface area contributed by atoms with Crippen LogP contribution in [0.1, 0.15) is 22.2 Å². The summed E-state index contributed by atoms with van der Waals surface area (Å²) in [5, 5.41) is 4.21. The van der Waals surface area contributed by atoms with Crippen molar-refractivity contribution < 1.29 is 1.43 Å². The molecule has 0 spiro atoms. The van der Waals surface area contributed by atoms with Crippen LogP contribution in [-0.2, 0) is 0 Å². The summed E-state index contributed by atoms with van der Waals surface area (Å²) >= 11 is 1.62. The monoisotopic (exact) mass is 287 g/mol. The second-order valence-electron chi connectivity index (χ2n) is 5.37. The first-order chi connectivity index (χ1) is 9.53. The molecule has 1 heterocycles. The van der Waals surface area contributed by atoms with Crippen LogP contribution >= 0.6 is 11.8 Å². The smallest absolute Gasteiger partial charge is 0.166 e. The number of pyridine rings is 1. The van der Waals surface area contributed by atoms with Crippen molar-refractivity contribution >= 4 is 22.6 Å². The zero-order valence-electron chi connectivity index (χ0n) is 12.0. The molecule has 0 fully saturated rings. The first-order valence-corrected chi connectivity index (χ1v) is 7.34. The predicted octanol–water partition coefficient (Wildman–Crippen LogP) is 4.69. The number of aromatic nitrogens is 1. The van der Waals surface area contributed by atoms with Gasteiger partial charge in [0.2, 0.25) is 0 Å². The van der Waals surface area contributed by atoms with Crippen molar-refractivity contribution in [2.45, 2.75) is 31.2 Å². The third-order valence-corrected chi connectivity index (χ3v) is 3.20. The van der Waals surface area contributed by atoms with Crippen LogP contribution in [0.4, 0.5) is 5.69 Å². The van der Waals surface area contributed by atoms with E-state index in [1.165, 1.54) is 0 Å². The summed E-state index contributed by atoms with van der Waals surface area (Å²) in [6.07, 6.45) is 3.56. The van der Waals surface area contributed by atoms with Gasteiger partial charge < -0.3 is 5.32 Å². The molecule has 0 saturated heterocycles. The Bertz CT molecular complexity index is 522. The lowest BCUT2D eigenvalue weighted by Gasteiger charge is -2.17. The highest BCUT2D eigenvalue weighted by molar-refractivity contribution is 8.14. The van der Waals surface area contributed by atoms with Gasteiger partial charge in [-0.3, -0.25) is 9.98 Å². The molecule has 0 bridgehead atoms. The number of aliphatic imine (C=N–C) groups is 1. The van der Waals surface area contributed by atoms with E-state index < -0.39 is 0 Å². The Kier molecular flexibility index (Phi) is 4.79. The fraction of sp³-hybridized carbons (Fsp3) is 0.250. The molecule has 1 aromatic heterocycles. The van der Waals surface area contributed by atoms with Crippen molar-refractivity contribution in [3.05, 3.63) is 54.9 Å². The zero-order chi connectivity index (χ0) is 14.4. The minimum Gasteiger partial charge on any atom is -0.333 e. The number of hydrogen-bond donors (Lipinski definition) is 1. The summed E-state index contributed by atoms with van der Waals surface area (Å²) in [6.45, 7) is 6.26. The molecule has 4 heteroatoms. The Labute approximate surface area is 126 Å². The molecule has 2 aromatic rings. The molecule has 1 N–H and O–H groups in total. The maximum atomic E-state index is 4.74. The molecule has 0 unspecified atom stereocenters. The van der Waals surface area contributed by atoms with Crippen molar-refractivity contribution in [3.8, 4) is 0 Å². The molecule has 0 aliphatic carbocycles. The summed E-state index contributed by atoms with van der Waals surface area (Å²) in [5.74, 6) is 0. The standard InChI is InChI=1S/C16H19N3S.H2/c1-16(2,3)19-15(18-13-8-7-11-17-12-13)20-14-9-5-4-6-10-14;/h4-12H,1-3H3,(H,18,19);1H. The normalized spacial score (nSPS) is 12.2. The Morgan fingerprint density at radius 1 is 1.15 bits per heavy atom. The first-order valence-electron chi connectivity index (χ1n) is 6.53. The number of rotatable bonds is 2. The highest BCUT2D eigenvalue weighted by atomic mass is 32.2. The van der Waals surface area contributed by atoms with Crippen LogP contribution in [0.3, 0.4) is 0 Å². The van der Waals surface area contributed by atoms with Crippen LogP contribution in [0.5, 0.6) is 0 Å². The van der Waals surface area contributed by atoms with Crippen LogP contribution in [0.2, 0.25) is 0 Å². The summed E-state index contributed by atoms with van der Waals surface area (Å²) in [4.78, 5) is 10.0. The van der Waals surface area contributed by atoms with Crippen molar-refractivity contribution in [2.75, 3.05) is 5.32 Å². The van der Waals surface area contributed by atoms with Crippen molar-refractivity contribution in [2.24, 2.45) is 4.99 Å². The number of benzene rings is 1. The van der Waals surface area contributed by atoms with E-state index in [4.69, 9.17) is 4.99 Å². The van der Waals surface area contributed by atoms with E-state index in [1.54, 1.807) is 24.2 Å².